The average Bonchev–Trinajstić information content (AvgIpc) is 2.06. The fourth-order valence-electron chi connectivity index (χ4n) is 1.10. The molecule has 1 aromatic carbocycles. The topological polar surface area (TPSA) is 20.2 Å². The highest BCUT2D eigenvalue weighted by Gasteiger charge is 2.34. The molecular weight excluding hydrogens is 280 g/mol. The van der Waals surface area contributed by atoms with Gasteiger partial charge in [0.05, 0.1) is 11.7 Å². The molecule has 1 atom stereocenters. The Hall–Kier alpha value is -0.620. The van der Waals surface area contributed by atoms with E-state index in [4.69, 9.17) is 5.11 Å². The molecule has 1 nitrogen and oxygen atoms in total. The Morgan fingerprint density at radius 1 is 1.33 bits per heavy atom. The summed E-state index contributed by atoms with van der Waals surface area (Å²) in [5.41, 5.74) is -1.26. The Morgan fingerprint density at radius 2 is 1.87 bits per heavy atom. The highest BCUT2D eigenvalue weighted by atomic mass is 79.9. The monoisotopic (exact) mass is 286 g/mol. The molecule has 1 rings (SSSR count). The third-order valence-corrected chi connectivity index (χ3v) is 2.50. The van der Waals surface area contributed by atoms with Crippen LogP contribution >= 0.6 is 15.9 Å². The fourth-order valence-corrected chi connectivity index (χ4v) is 1.69. The highest BCUT2D eigenvalue weighted by molar-refractivity contribution is 9.10. The number of rotatable bonds is 1. The molecule has 1 unspecified atom stereocenters. The van der Waals surface area contributed by atoms with E-state index < -0.39 is 23.7 Å². The summed E-state index contributed by atoms with van der Waals surface area (Å²) >= 11 is 2.69. The van der Waals surface area contributed by atoms with Crippen LogP contribution in [-0.4, -0.2) is 5.11 Å². The number of benzene rings is 1. The van der Waals surface area contributed by atoms with E-state index in [-0.39, 0.29) is 10.0 Å². The van der Waals surface area contributed by atoms with Crippen molar-refractivity contribution < 1.29 is 22.7 Å². The number of hydrogen-bond acceptors (Lipinski definition) is 1. The van der Waals surface area contributed by atoms with E-state index in [2.05, 4.69) is 15.9 Å². The summed E-state index contributed by atoms with van der Waals surface area (Å²) < 4.78 is 49.8. The lowest BCUT2D eigenvalue weighted by atomic mass is 10.1. The first-order valence-electron chi connectivity index (χ1n) is 3.97. The molecular formula is C9H7BrF4O. The van der Waals surface area contributed by atoms with Crippen LogP contribution in [0.25, 0.3) is 0 Å². The van der Waals surface area contributed by atoms with Crippen LogP contribution in [0.3, 0.4) is 0 Å². The van der Waals surface area contributed by atoms with Crippen LogP contribution < -0.4 is 0 Å². The molecule has 0 fully saturated rings. The van der Waals surface area contributed by atoms with Gasteiger partial charge < -0.3 is 5.11 Å². The van der Waals surface area contributed by atoms with Gasteiger partial charge in [0.2, 0.25) is 0 Å². The lowest BCUT2D eigenvalue weighted by molar-refractivity contribution is -0.138. The minimum absolute atomic E-state index is 0.171. The Balaban J connectivity index is 3.32. The van der Waals surface area contributed by atoms with Gasteiger partial charge in [-0.15, -0.1) is 0 Å². The predicted molar refractivity (Wildman–Crippen MR) is 49.7 cm³/mol. The predicted octanol–water partition coefficient (Wildman–Crippen LogP) is 3.66. The van der Waals surface area contributed by atoms with Crippen molar-refractivity contribution in [3.63, 3.8) is 0 Å². The normalized spacial score (nSPS) is 14.1. The molecule has 0 spiro atoms. The van der Waals surface area contributed by atoms with E-state index in [9.17, 15) is 17.6 Å². The molecule has 0 saturated heterocycles. The van der Waals surface area contributed by atoms with Crippen LogP contribution in [0.15, 0.2) is 16.6 Å². The smallest absolute Gasteiger partial charge is 0.389 e. The summed E-state index contributed by atoms with van der Waals surface area (Å²) in [5.74, 6) is -1.07. The fraction of sp³-hybridized carbons (Fsp3) is 0.333. The van der Waals surface area contributed by atoms with Gasteiger partial charge in [-0.2, -0.15) is 13.2 Å². The van der Waals surface area contributed by atoms with Crippen molar-refractivity contribution in [2.75, 3.05) is 0 Å². The number of halogens is 5. The Kier molecular flexibility index (Phi) is 3.40. The highest BCUT2D eigenvalue weighted by Crippen LogP contribution is 2.37. The zero-order valence-corrected chi connectivity index (χ0v) is 9.16. The van der Waals surface area contributed by atoms with Gasteiger partial charge in [-0.25, -0.2) is 4.39 Å². The minimum atomic E-state index is -4.61. The van der Waals surface area contributed by atoms with Crippen molar-refractivity contribution in [3.8, 4) is 0 Å². The quantitative estimate of drug-likeness (QED) is 0.781. The van der Waals surface area contributed by atoms with Crippen molar-refractivity contribution >= 4 is 15.9 Å². The lowest BCUT2D eigenvalue weighted by Gasteiger charge is -2.13. The molecule has 0 aliphatic heterocycles. The summed E-state index contributed by atoms with van der Waals surface area (Å²) in [6, 6.07) is 1.30. The summed E-state index contributed by atoms with van der Waals surface area (Å²) in [5, 5.41) is 9.08. The number of aliphatic hydroxyl groups is 1. The first-order valence-corrected chi connectivity index (χ1v) is 4.77. The second-order valence-corrected chi connectivity index (χ2v) is 3.88. The first-order chi connectivity index (χ1) is 6.73. The van der Waals surface area contributed by atoms with E-state index in [1.54, 1.807) is 0 Å². The van der Waals surface area contributed by atoms with E-state index in [0.717, 1.165) is 6.07 Å². The van der Waals surface area contributed by atoms with Gasteiger partial charge in [-0.3, -0.25) is 0 Å². The molecule has 0 amide bonds. The van der Waals surface area contributed by atoms with Gasteiger partial charge in [0.25, 0.3) is 0 Å². The van der Waals surface area contributed by atoms with E-state index >= 15 is 0 Å². The molecule has 0 saturated carbocycles. The molecule has 0 bridgehead atoms. The molecule has 15 heavy (non-hydrogen) atoms. The summed E-state index contributed by atoms with van der Waals surface area (Å²) in [7, 11) is 0. The van der Waals surface area contributed by atoms with Crippen LogP contribution in [0.1, 0.15) is 24.2 Å². The Labute approximate surface area is 91.9 Å². The van der Waals surface area contributed by atoms with E-state index in [1.165, 1.54) is 6.92 Å². The molecule has 0 aliphatic carbocycles. The SMILES string of the molecule is CC(O)c1cc(Br)c(C(F)(F)F)cc1F. The zero-order chi connectivity index (χ0) is 11.8. The third-order valence-electron chi connectivity index (χ3n) is 1.84. The molecule has 84 valence electrons. The standard InChI is InChI=1S/C9H7BrF4O/c1-4(15)5-2-7(10)6(3-8(5)11)9(12,13)14/h2-4,15H,1H3. The summed E-state index contributed by atoms with van der Waals surface area (Å²) in [4.78, 5) is 0. The Bertz CT molecular complexity index is 373. The second kappa shape index (κ2) is 4.09. The average molecular weight is 287 g/mol. The zero-order valence-electron chi connectivity index (χ0n) is 7.57. The summed E-state index contributed by atoms with van der Waals surface area (Å²) in [6.45, 7) is 1.28. The number of aliphatic hydroxyl groups excluding tert-OH is 1. The van der Waals surface area contributed by atoms with Crippen LogP contribution in [0.5, 0.6) is 0 Å². The maximum atomic E-state index is 13.1. The molecule has 6 heteroatoms. The van der Waals surface area contributed by atoms with Crippen LogP contribution in [0.2, 0.25) is 0 Å². The van der Waals surface area contributed by atoms with Crippen molar-refractivity contribution in [3.05, 3.63) is 33.5 Å². The largest absolute Gasteiger partial charge is 0.417 e. The van der Waals surface area contributed by atoms with Crippen molar-refractivity contribution in [2.24, 2.45) is 0 Å². The number of hydrogen-bond donors (Lipinski definition) is 1. The molecule has 0 heterocycles. The van der Waals surface area contributed by atoms with Gasteiger partial charge in [-0.05, 0) is 19.1 Å². The molecule has 0 aliphatic rings. The third kappa shape index (κ3) is 2.69. The molecule has 0 aromatic heterocycles. The molecule has 1 N–H and O–H groups in total. The van der Waals surface area contributed by atoms with E-state index in [0.29, 0.717) is 6.07 Å². The van der Waals surface area contributed by atoms with Gasteiger partial charge in [-0.1, -0.05) is 15.9 Å². The maximum absolute atomic E-state index is 13.1. The Morgan fingerprint density at radius 3 is 2.27 bits per heavy atom. The maximum Gasteiger partial charge on any atom is 0.417 e. The molecule has 0 radical (unpaired) electrons. The minimum Gasteiger partial charge on any atom is -0.389 e. The first kappa shape index (κ1) is 12.4. The second-order valence-electron chi connectivity index (χ2n) is 3.03. The van der Waals surface area contributed by atoms with Crippen LogP contribution in [0.4, 0.5) is 17.6 Å². The lowest BCUT2D eigenvalue weighted by Crippen LogP contribution is -2.08. The van der Waals surface area contributed by atoms with Crippen molar-refractivity contribution in [1.82, 2.24) is 0 Å². The van der Waals surface area contributed by atoms with Crippen LogP contribution in [-0.2, 0) is 6.18 Å². The van der Waals surface area contributed by atoms with Gasteiger partial charge in [0.1, 0.15) is 5.82 Å². The summed E-state index contributed by atoms with van der Waals surface area (Å²) in [6.07, 6.45) is -5.76. The van der Waals surface area contributed by atoms with Gasteiger partial charge >= 0.3 is 6.18 Å². The van der Waals surface area contributed by atoms with Gasteiger partial charge in [0.15, 0.2) is 0 Å². The van der Waals surface area contributed by atoms with E-state index in [1.807, 2.05) is 0 Å². The van der Waals surface area contributed by atoms with Crippen molar-refractivity contribution in [1.29, 1.82) is 0 Å². The van der Waals surface area contributed by atoms with Gasteiger partial charge in [0, 0.05) is 10.0 Å². The van der Waals surface area contributed by atoms with Crippen LogP contribution in [0, 0.1) is 5.82 Å². The number of alkyl halides is 3. The van der Waals surface area contributed by atoms with Crippen molar-refractivity contribution in [2.45, 2.75) is 19.2 Å². The molecule has 1 aromatic rings.